The molecule has 0 spiro atoms. The standard InChI is InChI=1S/C30H33N3O4/c1-5-6-10-23-13-15-26(16-14-23)32-21(2)19-24(22(32)3)20-27-28(34)31(17-18-37-4)30(36)33(29(27)35)25-11-8-7-9-12-25/h7-9,11-16,19-20H,5-6,10,17-18H2,1-4H3/b27-20-. The number of benzene rings is 2. The van der Waals surface area contributed by atoms with Gasteiger partial charge in [0.2, 0.25) is 0 Å². The fourth-order valence-corrected chi connectivity index (χ4v) is 4.64. The number of imide groups is 2. The Bertz CT molecular complexity index is 1320. The summed E-state index contributed by atoms with van der Waals surface area (Å²) in [6.45, 7) is 6.36. The van der Waals surface area contributed by atoms with E-state index in [4.69, 9.17) is 4.74 Å². The lowest BCUT2D eigenvalue weighted by Crippen LogP contribution is -2.57. The third-order valence-electron chi connectivity index (χ3n) is 6.65. The number of amides is 4. The lowest BCUT2D eigenvalue weighted by atomic mass is 10.1. The van der Waals surface area contributed by atoms with Crippen molar-refractivity contribution in [2.75, 3.05) is 25.2 Å². The van der Waals surface area contributed by atoms with Gasteiger partial charge in [0, 0.05) is 24.2 Å². The summed E-state index contributed by atoms with van der Waals surface area (Å²) in [5.41, 5.74) is 5.30. The number of hydrogen-bond donors (Lipinski definition) is 0. The second kappa shape index (κ2) is 11.4. The predicted molar refractivity (Wildman–Crippen MR) is 145 cm³/mol. The van der Waals surface area contributed by atoms with Crippen LogP contribution in [0.2, 0.25) is 0 Å². The third kappa shape index (κ3) is 5.27. The molecule has 0 atom stereocenters. The molecule has 0 unspecified atom stereocenters. The van der Waals surface area contributed by atoms with Crippen molar-refractivity contribution in [1.82, 2.24) is 9.47 Å². The Morgan fingerprint density at radius 3 is 2.24 bits per heavy atom. The largest absolute Gasteiger partial charge is 0.383 e. The van der Waals surface area contributed by atoms with E-state index >= 15 is 0 Å². The summed E-state index contributed by atoms with van der Waals surface area (Å²) in [4.78, 5) is 42.2. The molecule has 0 saturated carbocycles. The van der Waals surface area contributed by atoms with Crippen molar-refractivity contribution in [3.63, 3.8) is 0 Å². The van der Waals surface area contributed by atoms with E-state index in [1.807, 2.05) is 19.9 Å². The number of urea groups is 1. The van der Waals surface area contributed by atoms with Gasteiger partial charge in [-0.05, 0) is 74.2 Å². The monoisotopic (exact) mass is 499 g/mol. The highest BCUT2D eigenvalue weighted by molar-refractivity contribution is 6.39. The first-order chi connectivity index (χ1) is 17.9. The molecule has 1 aliphatic heterocycles. The maximum Gasteiger partial charge on any atom is 0.338 e. The number of unbranched alkanes of at least 4 members (excludes halogenated alkanes) is 1. The summed E-state index contributed by atoms with van der Waals surface area (Å²) in [6, 6.07) is 18.4. The number of barbiturate groups is 1. The minimum absolute atomic E-state index is 0.0471. The van der Waals surface area contributed by atoms with Crippen LogP contribution >= 0.6 is 0 Å². The van der Waals surface area contributed by atoms with Crippen molar-refractivity contribution in [3.8, 4) is 5.69 Å². The molecule has 192 valence electrons. The molecule has 1 saturated heterocycles. The number of aromatic nitrogens is 1. The van der Waals surface area contributed by atoms with Crippen LogP contribution in [0, 0.1) is 13.8 Å². The minimum Gasteiger partial charge on any atom is -0.383 e. The van der Waals surface area contributed by atoms with Crippen molar-refractivity contribution < 1.29 is 19.1 Å². The average Bonchev–Trinajstić information content (AvgIpc) is 3.18. The molecule has 0 bridgehead atoms. The van der Waals surface area contributed by atoms with Gasteiger partial charge in [-0.1, -0.05) is 43.7 Å². The van der Waals surface area contributed by atoms with E-state index in [1.54, 1.807) is 36.4 Å². The van der Waals surface area contributed by atoms with E-state index in [-0.39, 0.29) is 18.7 Å². The third-order valence-corrected chi connectivity index (χ3v) is 6.65. The highest BCUT2D eigenvalue weighted by atomic mass is 16.5. The molecule has 4 amide bonds. The Hall–Kier alpha value is -3.97. The number of aryl methyl sites for hydroxylation is 2. The Labute approximate surface area is 217 Å². The van der Waals surface area contributed by atoms with Crippen LogP contribution < -0.4 is 4.90 Å². The van der Waals surface area contributed by atoms with Gasteiger partial charge in [-0.3, -0.25) is 14.5 Å². The first kappa shape index (κ1) is 26.1. The highest BCUT2D eigenvalue weighted by Crippen LogP contribution is 2.28. The number of methoxy groups -OCH3 is 1. The lowest BCUT2D eigenvalue weighted by molar-refractivity contribution is -0.129. The molecule has 2 heterocycles. The number of anilines is 1. The van der Waals surface area contributed by atoms with Gasteiger partial charge < -0.3 is 9.30 Å². The zero-order valence-corrected chi connectivity index (χ0v) is 21.9. The highest BCUT2D eigenvalue weighted by Gasteiger charge is 2.42. The fourth-order valence-electron chi connectivity index (χ4n) is 4.64. The van der Waals surface area contributed by atoms with E-state index in [0.717, 1.165) is 51.7 Å². The van der Waals surface area contributed by atoms with Gasteiger partial charge in [0.15, 0.2) is 0 Å². The van der Waals surface area contributed by atoms with Crippen LogP contribution in [0.1, 0.15) is 42.3 Å². The average molecular weight is 500 g/mol. The van der Waals surface area contributed by atoms with E-state index in [9.17, 15) is 14.4 Å². The van der Waals surface area contributed by atoms with Gasteiger partial charge in [0.05, 0.1) is 18.8 Å². The zero-order chi connectivity index (χ0) is 26.5. The first-order valence-corrected chi connectivity index (χ1v) is 12.6. The molecule has 0 radical (unpaired) electrons. The van der Waals surface area contributed by atoms with Crippen LogP contribution in [0.3, 0.4) is 0 Å². The summed E-state index contributed by atoms with van der Waals surface area (Å²) >= 11 is 0. The Morgan fingerprint density at radius 2 is 1.59 bits per heavy atom. The van der Waals surface area contributed by atoms with Gasteiger partial charge in [0.25, 0.3) is 11.8 Å². The summed E-state index contributed by atoms with van der Waals surface area (Å²) in [5.74, 6) is -1.26. The molecule has 1 fully saturated rings. The molecule has 1 aliphatic rings. The Kier molecular flexibility index (Phi) is 8.04. The van der Waals surface area contributed by atoms with Crippen LogP contribution in [0.25, 0.3) is 11.8 Å². The minimum atomic E-state index is -0.677. The number of ether oxygens (including phenoxy) is 1. The van der Waals surface area contributed by atoms with E-state index in [2.05, 4.69) is 35.8 Å². The van der Waals surface area contributed by atoms with E-state index in [0.29, 0.717) is 5.69 Å². The molecule has 0 aliphatic carbocycles. The second-order valence-corrected chi connectivity index (χ2v) is 9.20. The van der Waals surface area contributed by atoms with Crippen LogP contribution in [-0.4, -0.2) is 47.6 Å². The predicted octanol–water partition coefficient (Wildman–Crippen LogP) is 5.46. The molecule has 7 heteroatoms. The molecule has 1 aromatic heterocycles. The molecular weight excluding hydrogens is 466 g/mol. The molecule has 3 aromatic rings. The fraction of sp³-hybridized carbons (Fsp3) is 0.300. The van der Waals surface area contributed by atoms with Crippen LogP contribution in [0.5, 0.6) is 0 Å². The van der Waals surface area contributed by atoms with Crippen molar-refractivity contribution >= 4 is 29.6 Å². The molecule has 0 N–H and O–H groups in total. The molecule has 37 heavy (non-hydrogen) atoms. The van der Waals surface area contributed by atoms with Crippen LogP contribution in [-0.2, 0) is 20.7 Å². The van der Waals surface area contributed by atoms with E-state index < -0.39 is 17.8 Å². The maximum absolute atomic E-state index is 13.5. The van der Waals surface area contributed by atoms with Gasteiger partial charge >= 0.3 is 6.03 Å². The number of nitrogens with zero attached hydrogens (tertiary/aromatic N) is 3. The van der Waals surface area contributed by atoms with Crippen LogP contribution in [0.15, 0.2) is 66.2 Å². The zero-order valence-electron chi connectivity index (χ0n) is 21.9. The molecule has 2 aromatic carbocycles. The Balaban J connectivity index is 1.73. The topological polar surface area (TPSA) is 71.8 Å². The normalized spacial score (nSPS) is 15.2. The number of rotatable bonds is 9. The summed E-state index contributed by atoms with van der Waals surface area (Å²) < 4.78 is 7.22. The smallest absolute Gasteiger partial charge is 0.338 e. The Morgan fingerprint density at radius 1 is 0.892 bits per heavy atom. The summed E-state index contributed by atoms with van der Waals surface area (Å²) in [6.07, 6.45) is 4.97. The van der Waals surface area contributed by atoms with E-state index in [1.165, 1.54) is 12.7 Å². The number of hydrogen-bond acceptors (Lipinski definition) is 4. The number of para-hydroxylation sites is 1. The number of carbonyl (C=O) groups is 3. The van der Waals surface area contributed by atoms with Crippen molar-refractivity contribution in [3.05, 3.63) is 88.8 Å². The molecule has 4 rings (SSSR count). The van der Waals surface area contributed by atoms with Gasteiger partial charge in [-0.15, -0.1) is 0 Å². The van der Waals surface area contributed by atoms with Crippen molar-refractivity contribution in [1.29, 1.82) is 0 Å². The van der Waals surface area contributed by atoms with Crippen molar-refractivity contribution in [2.45, 2.75) is 40.0 Å². The summed E-state index contributed by atoms with van der Waals surface area (Å²) in [7, 11) is 1.50. The number of carbonyl (C=O) groups excluding carboxylic acids is 3. The SMILES string of the molecule is CCCCc1ccc(-n2c(C)cc(/C=C3/C(=O)N(CCOC)C(=O)N(c4ccccc4)C3=O)c2C)cc1. The first-order valence-electron chi connectivity index (χ1n) is 12.6. The van der Waals surface area contributed by atoms with Crippen molar-refractivity contribution in [2.24, 2.45) is 0 Å². The quantitative estimate of drug-likeness (QED) is 0.289. The van der Waals surface area contributed by atoms with Gasteiger partial charge in [0.1, 0.15) is 5.57 Å². The lowest BCUT2D eigenvalue weighted by Gasteiger charge is -2.33. The molecular formula is C30H33N3O4. The maximum atomic E-state index is 13.5. The second-order valence-electron chi connectivity index (χ2n) is 9.20. The van der Waals surface area contributed by atoms with Gasteiger partial charge in [-0.25, -0.2) is 9.69 Å². The van der Waals surface area contributed by atoms with Crippen LogP contribution in [0.4, 0.5) is 10.5 Å². The summed E-state index contributed by atoms with van der Waals surface area (Å²) in [5, 5.41) is 0. The van der Waals surface area contributed by atoms with Gasteiger partial charge in [-0.2, -0.15) is 0 Å². The molecule has 7 nitrogen and oxygen atoms in total.